The van der Waals surface area contributed by atoms with E-state index in [1.165, 1.54) is 6.07 Å². The van der Waals surface area contributed by atoms with E-state index in [1.54, 1.807) is 12.1 Å². The molecule has 0 saturated heterocycles. The average Bonchev–Trinajstić information content (AvgIpc) is 3.17. The highest BCUT2D eigenvalue weighted by molar-refractivity contribution is 7.90. The van der Waals surface area contributed by atoms with Crippen LogP contribution in [0, 0.1) is 17.8 Å². The molecule has 0 spiro atoms. The third-order valence-corrected chi connectivity index (χ3v) is 6.39. The van der Waals surface area contributed by atoms with Crippen LogP contribution in [0.5, 0.6) is 5.75 Å². The molecule has 5 nitrogen and oxygen atoms in total. The molecule has 2 aliphatic carbocycles. The Balaban J connectivity index is 1.53. The van der Waals surface area contributed by atoms with Crippen molar-refractivity contribution in [3.63, 3.8) is 0 Å². The Morgan fingerprint density at radius 2 is 2.09 bits per heavy atom. The third kappa shape index (κ3) is 2.65. The summed E-state index contributed by atoms with van der Waals surface area (Å²) in [4.78, 5) is 12.5. The number of fused-ring (bicyclic) bond motifs is 3. The Morgan fingerprint density at radius 3 is 2.83 bits per heavy atom. The van der Waals surface area contributed by atoms with Gasteiger partial charge in [-0.05, 0) is 61.3 Å². The number of carbonyl (C=O) groups excluding carboxylic acids is 1. The molecule has 3 aliphatic rings. The standard InChI is InChI=1S/C17H19NO4S/c19-17(15-9-11-3-4-12(15)8-11)18-23(20,21)14-5-6-16-13(10-14)2-1-7-22-16/h3-6,10-12,15H,1-2,7-9H2,(H,18,19). The third-order valence-electron chi connectivity index (χ3n) is 5.04. The largest absolute Gasteiger partial charge is 0.493 e. The lowest BCUT2D eigenvalue weighted by Gasteiger charge is -2.19. The Bertz CT molecular complexity index is 784. The fourth-order valence-corrected chi connectivity index (χ4v) is 4.93. The molecule has 3 atom stereocenters. The van der Waals surface area contributed by atoms with Gasteiger partial charge < -0.3 is 4.74 Å². The molecule has 1 aliphatic heterocycles. The summed E-state index contributed by atoms with van der Waals surface area (Å²) in [5.74, 6) is 0.753. The fourth-order valence-electron chi connectivity index (χ4n) is 3.85. The molecular formula is C17H19NO4S. The van der Waals surface area contributed by atoms with Gasteiger partial charge >= 0.3 is 0 Å². The van der Waals surface area contributed by atoms with Crippen molar-refractivity contribution in [3.8, 4) is 5.75 Å². The van der Waals surface area contributed by atoms with Gasteiger partial charge in [-0.3, -0.25) is 4.79 Å². The van der Waals surface area contributed by atoms with Crippen LogP contribution in [0.2, 0.25) is 0 Å². The van der Waals surface area contributed by atoms with Crippen molar-refractivity contribution in [1.29, 1.82) is 0 Å². The second-order valence-electron chi connectivity index (χ2n) is 6.58. The lowest BCUT2D eigenvalue weighted by atomic mass is 9.93. The molecule has 0 aromatic heterocycles. The first-order valence-electron chi connectivity index (χ1n) is 8.04. The number of rotatable bonds is 3. The number of ether oxygens (including phenoxy) is 1. The number of aryl methyl sites for hydroxylation is 1. The number of allylic oxidation sites excluding steroid dienone is 2. The Hall–Kier alpha value is -1.82. The molecule has 3 unspecified atom stereocenters. The van der Waals surface area contributed by atoms with E-state index >= 15 is 0 Å². The highest BCUT2D eigenvalue weighted by atomic mass is 32.2. The molecule has 23 heavy (non-hydrogen) atoms. The minimum atomic E-state index is -3.83. The molecule has 1 amide bonds. The Labute approximate surface area is 135 Å². The van der Waals surface area contributed by atoms with Crippen LogP contribution in [-0.2, 0) is 21.2 Å². The molecule has 1 heterocycles. The molecular weight excluding hydrogens is 314 g/mol. The molecule has 4 rings (SSSR count). The van der Waals surface area contributed by atoms with Crippen LogP contribution < -0.4 is 9.46 Å². The zero-order valence-corrected chi connectivity index (χ0v) is 13.5. The molecule has 0 radical (unpaired) electrons. The summed E-state index contributed by atoms with van der Waals surface area (Å²) in [6.45, 7) is 0.660. The molecule has 1 N–H and O–H groups in total. The van der Waals surface area contributed by atoms with Crippen molar-refractivity contribution >= 4 is 15.9 Å². The van der Waals surface area contributed by atoms with E-state index in [4.69, 9.17) is 4.74 Å². The minimum Gasteiger partial charge on any atom is -0.493 e. The summed E-state index contributed by atoms with van der Waals surface area (Å²) in [7, 11) is -3.83. The second kappa shape index (κ2) is 5.37. The predicted octanol–water partition coefficient (Wildman–Crippen LogP) is 2.03. The number of hydrogen-bond acceptors (Lipinski definition) is 4. The molecule has 1 aromatic rings. The summed E-state index contributed by atoms with van der Waals surface area (Å²) in [5, 5.41) is 0. The van der Waals surface area contributed by atoms with E-state index in [9.17, 15) is 13.2 Å². The van der Waals surface area contributed by atoms with E-state index in [2.05, 4.69) is 10.8 Å². The molecule has 122 valence electrons. The van der Waals surface area contributed by atoms with E-state index in [0.717, 1.165) is 37.0 Å². The first kappa shape index (κ1) is 14.8. The fraction of sp³-hybridized carbons (Fsp3) is 0.471. The van der Waals surface area contributed by atoms with Gasteiger partial charge in [-0.1, -0.05) is 12.2 Å². The summed E-state index contributed by atoms with van der Waals surface area (Å²) in [6.07, 6.45) is 7.56. The topological polar surface area (TPSA) is 72.5 Å². The van der Waals surface area contributed by atoms with Crippen molar-refractivity contribution in [3.05, 3.63) is 35.9 Å². The van der Waals surface area contributed by atoms with Crippen LogP contribution in [-0.4, -0.2) is 20.9 Å². The second-order valence-corrected chi connectivity index (χ2v) is 8.26. The predicted molar refractivity (Wildman–Crippen MR) is 84.4 cm³/mol. The van der Waals surface area contributed by atoms with Crippen LogP contribution in [0.1, 0.15) is 24.8 Å². The first-order chi connectivity index (χ1) is 11.0. The SMILES string of the molecule is O=C(NS(=O)(=O)c1ccc2c(c1)CCCO2)C1CC2C=CC1C2. The van der Waals surface area contributed by atoms with Crippen LogP contribution in [0.3, 0.4) is 0 Å². The summed E-state index contributed by atoms with van der Waals surface area (Å²) < 4.78 is 32.8. The lowest BCUT2D eigenvalue weighted by Crippen LogP contribution is -2.37. The van der Waals surface area contributed by atoms with Crippen molar-refractivity contribution in [2.75, 3.05) is 6.61 Å². The van der Waals surface area contributed by atoms with Crippen molar-refractivity contribution in [2.45, 2.75) is 30.6 Å². The van der Waals surface area contributed by atoms with Gasteiger partial charge in [0.1, 0.15) is 5.75 Å². The van der Waals surface area contributed by atoms with E-state index < -0.39 is 10.0 Å². The van der Waals surface area contributed by atoms with Crippen LogP contribution >= 0.6 is 0 Å². The number of hydrogen-bond donors (Lipinski definition) is 1. The first-order valence-corrected chi connectivity index (χ1v) is 9.52. The van der Waals surface area contributed by atoms with Gasteiger partial charge in [0.2, 0.25) is 5.91 Å². The van der Waals surface area contributed by atoms with Gasteiger partial charge in [0.15, 0.2) is 0 Å². The maximum Gasteiger partial charge on any atom is 0.264 e. The minimum absolute atomic E-state index is 0.133. The number of amides is 1. The summed E-state index contributed by atoms with van der Waals surface area (Å²) in [6, 6.07) is 4.79. The highest BCUT2D eigenvalue weighted by Gasteiger charge is 2.41. The maximum absolute atomic E-state index is 12.5. The van der Waals surface area contributed by atoms with Gasteiger partial charge in [-0.2, -0.15) is 0 Å². The van der Waals surface area contributed by atoms with Crippen molar-refractivity contribution in [2.24, 2.45) is 17.8 Å². The monoisotopic (exact) mass is 333 g/mol. The van der Waals surface area contributed by atoms with E-state index in [1.807, 2.05) is 6.08 Å². The van der Waals surface area contributed by atoms with Crippen LogP contribution in [0.25, 0.3) is 0 Å². The maximum atomic E-state index is 12.5. The van der Waals surface area contributed by atoms with Crippen LogP contribution in [0.4, 0.5) is 0 Å². The van der Waals surface area contributed by atoms with Crippen molar-refractivity contribution in [1.82, 2.24) is 4.72 Å². The Kier molecular flexibility index (Phi) is 3.44. The quantitative estimate of drug-likeness (QED) is 0.859. The van der Waals surface area contributed by atoms with Gasteiger partial charge in [-0.25, -0.2) is 13.1 Å². The van der Waals surface area contributed by atoms with Gasteiger partial charge in [0.05, 0.1) is 11.5 Å². The number of sulfonamides is 1. The summed E-state index contributed by atoms with van der Waals surface area (Å²) >= 11 is 0. The molecule has 6 heteroatoms. The summed E-state index contributed by atoms with van der Waals surface area (Å²) in [5.41, 5.74) is 0.884. The number of nitrogens with one attached hydrogen (secondary N) is 1. The number of benzene rings is 1. The highest BCUT2D eigenvalue weighted by Crippen LogP contribution is 2.43. The normalized spacial score (nSPS) is 28.3. The van der Waals surface area contributed by atoms with E-state index in [-0.39, 0.29) is 22.6 Å². The smallest absolute Gasteiger partial charge is 0.264 e. The Morgan fingerprint density at radius 1 is 1.22 bits per heavy atom. The zero-order chi connectivity index (χ0) is 16.0. The lowest BCUT2D eigenvalue weighted by molar-refractivity contribution is -0.123. The number of carbonyl (C=O) groups is 1. The van der Waals surface area contributed by atoms with Gasteiger partial charge in [0, 0.05) is 5.92 Å². The van der Waals surface area contributed by atoms with Crippen molar-refractivity contribution < 1.29 is 17.9 Å². The van der Waals surface area contributed by atoms with Crippen LogP contribution in [0.15, 0.2) is 35.2 Å². The molecule has 2 bridgehead atoms. The van der Waals surface area contributed by atoms with Gasteiger partial charge in [-0.15, -0.1) is 0 Å². The van der Waals surface area contributed by atoms with Gasteiger partial charge in [0.25, 0.3) is 10.0 Å². The molecule has 1 aromatic carbocycles. The molecule has 1 saturated carbocycles. The van der Waals surface area contributed by atoms with E-state index in [0.29, 0.717) is 12.5 Å². The average molecular weight is 333 g/mol. The molecule has 1 fully saturated rings. The zero-order valence-electron chi connectivity index (χ0n) is 12.7.